The highest BCUT2D eigenvalue weighted by molar-refractivity contribution is 5.89. The summed E-state index contributed by atoms with van der Waals surface area (Å²) in [6.07, 6.45) is 6.21. The first-order chi connectivity index (χ1) is 14.6. The molecule has 2 aliphatic rings. The van der Waals surface area contributed by atoms with Gasteiger partial charge in [-0.3, -0.25) is 0 Å². The van der Waals surface area contributed by atoms with Crippen LogP contribution in [0.3, 0.4) is 0 Å². The van der Waals surface area contributed by atoms with Gasteiger partial charge in [0.1, 0.15) is 6.29 Å². The number of aromatic nitrogens is 2. The first-order valence-corrected chi connectivity index (χ1v) is 10.8. The van der Waals surface area contributed by atoms with E-state index < -0.39 is 0 Å². The van der Waals surface area contributed by atoms with Gasteiger partial charge in [-0.05, 0) is 49.1 Å². The number of aldehydes is 1. The minimum atomic E-state index is -0.283. The van der Waals surface area contributed by atoms with Gasteiger partial charge in [-0.25, -0.2) is 9.37 Å². The number of benzene rings is 1. The van der Waals surface area contributed by atoms with Crippen LogP contribution in [0.4, 0.5) is 10.2 Å². The van der Waals surface area contributed by atoms with Crippen LogP contribution in [0.15, 0.2) is 30.5 Å². The van der Waals surface area contributed by atoms with Gasteiger partial charge in [0.15, 0.2) is 11.6 Å². The second kappa shape index (κ2) is 7.84. The molecule has 5 nitrogen and oxygen atoms in total. The number of piperidine rings is 1. The molecule has 0 bridgehead atoms. The SMILES string of the molecule is CN1CCc2[nH]c3cc(-c4cnc(N5CCC(CC=O)CC5)c(F)c4)ccc3c2C1. The second-order valence-corrected chi connectivity index (χ2v) is 8.69. The van der Waals surface area contributed by atoms with Gasteiger partial charge >= 0.3 is 0 Å². The van der Waals surface area contributed by atoms with Crippen LogP contribution in [-0.2, 0) is 17.8 Å². The Morgan fingerprint density at radius 3 is 2.80 bits per heavy atom. The quantitative estimate of drug-likeness (QED) is 0.661. The van der Waals surface area contributed by atoms with Gasteiger partial charge < -0.3 is 19.6 Å². The summed E-state index contributed by atoms with van der Waals surface area (Å²) >= 11 is 0. The molecule has 30 heavy (non-hydrogen) atoms. The van der Waals surface area contributed by atoms with E-state index in [0.717, 1.165) is 68.4 Å². The minimum Gasteiger partial charge on any atom is -0.358 e. The van der Waals surface area contributed by atoms with Gasteiger partial charge in [-0.1, -0.05) is 12.1 Å². The lowest BCUT2D eigenvalue weighted by Crippen LogP contribution is -2.35. The Morgan fingerprint density at radius 1 is 1.20 bits per heavy atom. The van der Waals surface area contributed by atoms with Crippen molar-refractivity contribution in [3.8, 4) is 11.1 Å². The number of anilines is 1. The third kappa shape index (κ3) is 3.49. The van der Waals surface area contributed by atoms with E-state index in [0.29, 0.717) is 18.2 Å². The van der Waals surface area contributed by atoms with Gasteiger partial charge in [-0.15, -0.1) is 0 Å². The van der Waals surface area contributed by atoms with Crippen molar-refractivity contribution < 1.29 is 9.18 Å². The molecule has 4 heterocycles. The molecule has 0 saturated carbocycles. The summed E-state index contributed by atoms with van der Waals surface area (Å²) in [5.41, 5.74) is 5.56. The van der Waals surface area contributed by atoms with Crippen molar-refractivity contribution >= 4 is 23.0 Å². The Morgan fingerprint density at radius 2 is 2.03 bits per heavy atom. The van der Waals surface area contributed by atoms with Crippen LogP contribution in [0.25, 0.3) is 22.0 Å². The van der Waals surface area contributed by atoms with Crippen LogP contribution >= 0.6 is 0 Å². The van der Waals surface area contributed by atoms with E-state index in [2.05, 4.69) is 40.1 Å². The number of hydrogen-bond acceptors (Lipinski definition) is 4. The molecule has 1 fully saturated rings. The number of H-pyrrole nitrogens is 1. The molecular weight excluding hydrogens is 379 g/mol. The summed E-state index contributed by atoms with van der Waals surface area (Å²) in [5.74, 6) is 0.552. The van der Waals surface area contributed by atoms with E-state index in [9.17, 15) is 9.18 Å². The van der Waals surface area contributed by atoms with Gasteiger partial charge in [0.05, 0.1) is 0 Å². The number of halogens is 1. The monoisotopic (exact) mass is 406 g/mol. The minimum absolute atomic E-state index is 0.283. The topological polar surface area (TPSA) is 52.2 Å². The predicted octanol–water partition coefficient (Wildman–Crippen LogP) is 4.16. The zero-order chi connectivity index (χ0) is 20.7. The molecule has 0 radical (unpaired) electrons. The maximum Gasteiger partial charge on any atom is 0.166 e. The van der Waals surface area contributed by atoms with Crippen molar-refractivity contribution in [3.05, 3.63) is 47.5 Å². The molecular formula is C24H27FN4O. The van der Waals surface area contributed by atoms with Crippen LogP contribution in [0.2, 0.25) is 0 Å². The molecule has 2 aromatic heterocycles. The first-order valence-electron chi connectivity index (χ1n) is 10.8. The number of carbonyl (C=O) groups excluding carboxylic acids is 1. The summed E-state index contributed by atoms with van der Waals surface area (Å²) in [5, 5.41) is 1.25. The Hall–Kier alpha value is -2.73. The van der Waals surface area contributed by atoms with Gasteiger partial charge in [0.25, 0.3) is 0 Å². The summed E-state index contributed by atoms with van der Waals surface area (Å²) in [6, 6.07) is 7.90. The van der Waals surface area contributed by atoms with Crippen molar-refractivity contribution in [1.82, 2.24) is 14.9 Å². The smallest absolute Gasteiger partial charge is 0.166 e. The Labute approximate surface area is 175 Å². The van der Waals surface area contributed by atoms with Crippen LogP contribution in [-0.4, -0.2) is 47.8 Å². The number of nitrogens with one attached hydrogen (secondary N) is 1. The van der Waals surface area contributed by atoms with E-state index >= 15 is 0 Å². The number of rotatable bonds is 4. The zero-order valence-electron chi connectivity index (χ0n) is 17.3. The number of pyridine rings is 1. The molecule has 156 valence electrons. The van der Waals surface area contributed by atoms with Crippen LogP contribution in [0.1, 0.15) is 30.5 Å². The molecule has 0 unspecified atom stereocenters. The molecule has 0 amide bonds. The highest BCUT2D eigenvalue weighted by Crippen LogP contribution is 2.32. The summed E-state index contributed by atoms with van der Waals surface area (Å²) in [4.78, 5) is 23.1. The van der Waals surface area contributed by atoms with Crippen molar-refractivity contribution in [2.45, 2.75) is 32.2 Å². The zero-order valence-corrected chi connectivity index (χ0v) is 17.3. The average molecular weight is 407 g/mol. The van der Waals surface area contributed by atoms with E-state index in [1.165, 1.54) is 16.6 Å². The second-order valence-electron chi connectivity index (χ2n) is 8.69. The fourth-order valence-corrected chi connectivity index (χ4v) is 4.87. The Bertz CT molecular complexity index is 1080. The van der Waals surface area contributed by atoms with E-state index in [1.54, 1.807) is 12.3 Å². The van der Waals surface area contributed by atoms with Crippen molar-refractivity contribution in [2.24, 2.45) is 5.92 Å². The van der Waals surface area contributed by atoms with E-state index in [1.807, 2.05) is 4.90 Å². The average Bonchev–Trinajstić information content (AvgIpc) is 3.11. The number of likely N-dealkylation sites (N-methyl/N-ethyl adjacent to an activating group) is 1. The lowest BCUT2D eigenvalue weighted by atomic mass is 9.94. The molecule has 0 aliphatic carbocycles. The summed E-state index contributed by atoms with van der Waals surface area (Å²) in [6.45, 7) is 3.52. The maximum absolute atomic E-state index is 14.9. The van der Waals surface area contributed by atoms with Gasteiger partial charge in [0.2, 0.25) is 0 Å². The van der Waals surface area contributed by atoms with Crippen LogP contribution in [0.5, 0.6) is 0 Å². The van der Waals surface area contributed by atoms with E-state index in [4.69, 9.17) is 0 Å². The highest BCUT2D eigenvalue weighted by atomic mass is 19.1. The Balaban J connectivity index is 1.39. The van der Waals surface area contributed by atoms with Crippen molar-refractivity contribution in [2.75, 3.05) is 31.6 Å². The largest absolute Gasteiger partial charge is 0.358 e. The van der Waals surface area contributed by atoms with Crippen LogP contribution < -0.4 is 4.90 Å². The third-order valence-corrected chi connectivity index (χ3v) is 6.66. The number of fused-ring (bicyclic) bond motifs is 3. The lowest BCUT2D eigenvalue weighted by molar-refractivity contribution is -0.108. The molecule has 6 heteroatoms. The maximum atomic E-state index is 14.9. The fourth-order valence-electron chi connectivity index (χ4n) is 4.87. The van der Waals surface area contributed by atoms with Gasteiger partial charge in [-0.2, -0.15) is 0 Å². The van der Waals surface area contributed by atoms with Crippen LogP contribution in [0, 0.1) is 11.7 Å². The molecule has 3 aromatic rings. The molecule has 1 N–H and O–H groups in total. The first kappa shape index (κ1) is 19.2. The number of nitrogens with zero attached hydrogens (tertiary/aromatic N) is 3. The number of aromatic amines is 1. The predicted molar refractivity (Wildman–Crippen MR) is 117 cm³/mol. The van der Waals surface area contributed by atoms with Crippen molar-refractivity contribution in [1.29, 1.82) is 0 Å². The van der Waals surface area contributed by atoms with Crippen molar-refractivity contribution in [3.63, 3.8) is 0 Å². The molecule has 0 atom stereocenters. The molecule has 5 rings (SSSR count). The highest BCUT2D eigenvalue weighted by Gasteiger charge is 2.23. The number of hydrogen-bond donors (Lipinski definition) is 1. The molecule has 1 aromatic carbocycles. The molecule has 0 spiro atoms. The summed E-state index contributed by atoms with van der Waals surface area (Å²) < 4.78 is 14.9. The number of carbonyl (C=O) groups is 1. The molecule has 2 aliphatic heterocycles. The van der Waals surface area contributed by atoms with Gasteiger partial charge in [0, 0.05) is 67.4 Å². The normalized spacial score (nSPS) is 18.0. The molecule has 1 saturated heterocycles. The van der Waals surface area contributed by atoms with E-state index in [-0.39, 0.29) is 5.82 Å². The fraction of sp³-hybridized carbons (Fsp3) is 0.417. The summed E-state index contributed by atoms with van der Waals surface area (Å²) in [7, 11) is 2.15. The third-order valence-electron chi connectivity index (χ3n) is 6.66. The lowest BCUT2D eigenvalue weighted by Gasteiger charge is -2.32. The standard InChI is InChI=1S/C24H27FN4O/c1-28-8-6-22-20(15-28)19-3-2-17(13-23(19)27-22)18-12-21(25)24(26-14-18)29-9-4-16(5-10-29)7-11-30/h2-3,11-14,16,27H,4-10,15H2,1H3. The Kier molecular flexibility index (Phi) is 5.03.